The molecule has 2 aromatic rings. The highest BCUT2D eigenvalue weighted by atomic mass is 19.2. The molecule has 0 aliphatic heterocycles. The molecule has 4 heteroatoms. The van der Waals surface area contributed by atoms with Crippen LogP contribution in [0.25, 0.3) is 11.1 Å². The van der Waals surface area contributed by atoms with Gasteiger partial charge < -0.3 is 4.74 Å². The van der Waals surface area contributed by atoms with E-state index in [2.05, 4.69) is 19.1 Å². The third-order valence-corrected chi connectivity index (χ3v) is 8.06. The molecule has 188 valence electrons. The Bertz CT molecular complexity index is 1060. The highest BCUT2D eigenvalue weighted by Gasteiger charge is 2.37. The van der Waals surface area contributed by atoms with Crippen LogP contribution in [0, 0.1) is 35.2 Å². The van der Waals surface area contributed by atoms with Gasteiger partial charge in [-0.3, -0.25) is 0 Å². The van der Waals surface area contributed by atoms with Crippen LogP contribution >= 0.6 is 0 Å². The lowest BCUT2D eigenvalue weighted by molar-refractivity contribution is 0.114. The van der Waals surface area contributed by atoms with Gasteiger partial charge in [-0.05, 0) is 106 Å². The van der Waals surface area contributed by atoms with Gasteiger partial charge in [0.25, 0.3) is 0 Å². The van der Waals surface area contributed by atoms with Crippen LogP contribution in [0.15, 0.2) is 54.6 Å². The molecule has 0 amide bonds. The van der Waals surface area contributed by atoms with Crippen LogP contribution in [-0.4, -0.2) is 6.61 Å². The van der Waals surface area contributed by atoms with E-state index in [0.29, 0.717) is 17.0 Å². The smallest absolute Gasteiger partial charge is 0.166 e. The summed E-state index contributed by atoms with van der Waals surface area (Å²) in [5.41, 5.74) is 0.871. The molecule has 0 spiro atoms. The molecule has 4 atom stereocenters. The first-order valence-electron chi connectivity index (χ1n) is 13.1. The van der Waals surface area contributed by atoms with Gasteiger partial charge in [-0.15, -0.1) is 0 Å². The Morgan fingerprint density at radius 1 is 0.857 bits per heavy atom. The molecule has 2 fully saturated rings. The van der Waals surface area contributed by atoms with Gasteiger partial charge in [-0.25, -0.2) is 13.2 Å². The molecule has 35 heavy (non-hydrogen) atoms. The number of ether oxygens (including phenoxy) is 1. The SMILES string of the molecule is C/C=C/CCC1CCC2CC(c3ccc(-c4ccc(OC/C=C/C)c(F)c4)c(F)c3F)CCC2C1. The van der Waals surface area contributed by atoms with E-state index in [1.807, 2.05) is 13.0 Å². The number of rotatable bonds is 8. The molecule has 2 aliphatic carbocycles. The van der Waals surface area contributed by atoms with Gasteiger partial charge in [0.05, 0.1) is 0 Å². The molecule has 0 aromatic heterocycles. The normalized spacial score (nSPS) is 24.7. The molecule has 4 unspecified atom stereocenters. The van der Waals surface area contributed by atoms with Crippen LogP contribution in [-0.2, 0) is 0 Å². The average Bonchev–Trinajstić information content (AvgIpc) is 2.86. The Labute approximate surface area is 208 Å². The summed E-state index contributed by atoms with van der Waals surface area (Å²) in [7, 11) is 0. The van der Waals surface area contributed by atoms with Crippen molar-refractivity contribution < 1.29 is 17.9 Å². The lowest BCUT2D eigenvalue weighted by atomic mass is 9.63. The van der Waals surface area contributed by atoms with E-state index in [9.17, 15) is 4.39 Å². The highest BCUT2D eigenvalue weighted by molar-refractivity contribution is 5.66. The maximum absolute atomic E-state index is 15.3. The molecule has 2 aliphatic rings. The van der Waals surface area contributed by atoms with Crippen molar-refractivity contribution in [2.24, 2.45) is 17.8 Å². The fourth-order valence-electron chi connectivity index (χ4n) is 6.15. The lowest BCUT2D eigenvalue weighted by Gasteiger charge is -2.42. The van der Waals surface area contributed by atoms with E-state index < -0.39 is 17.5 Å². The first-order chi connectivity index (χ1) is 17.0. The lowest BCUT2D eigenvalue weighted by Crippen LogP contribution is -2.30. The third kappa shape index (κ3) is 6.02. The Morgan fingerprint density at radius 3 is 2.40 bits per heavy atom. The van der Waals surface area contributed by atoms with Gasteiger partial charge in [0, 0.05) is 5.56 Å². The van der Waals surface area contributed by atoms with Crippen LogP contribution in [0.5, 0.6) is 5.75 Å². The second-order valence-electron chi connectivity index (χ2n) is 10.2. The summed E-state index contributed by atoms with van der Waals surface area (Å²) in [6.45, 7) is 4.18. The number of halogens is 3. The van der Waals surface area contributed by atoms with Crippen molar-refractivity contribution in [1.82, 2.24) is 0 Å². The van der Waals surface area contributed by atoms with Crippen molar-refractivity contribution in [3.05, 3.63) is 77.7 Å². The van der Waals surface area contributed by atoms with Crippen LogP contribution < -0.4 is 4.74 Å². The molecule has 4 rings (SSSR count). The summed E-state index contributed by atoms with van der Waals surface area (Å²) in [6, 6.07) is 7.58. The zero-order chi connectivity index (χ0) is 24.8. The molecule has 0 heterocycles. The highest BCUT2D eigenvalue weighted by Crippen LogP contribution is 2.49. The molecule has 0 saturated heterocycles. The molecular formula is C31H37F3O. The second-order valence-corrected chi connectivity index (χ2v) is 10.2. The molecule has 0 N–H and O–H groups in total. The first kappa shape index (κ1) is 25.6. The Balaban J connectivity index is 1.44. The van der Waals surface area contributed by atoms with Crippen LogP contribution in [0.2, 0.25) is 0 Å². The van der Waals surface area contributed by atoms with Crippen molar-refractivity contribution in [3.63, 3.8) is 0 Å². The summed E-state index contributed by atoms with van der Waals surface area (Å²) in [5, 5.41) is 0. The summed E-state index contributed by atoms with van der Waals surface area (Å²) < 4.78 is 50.3. The van der Waals surface area contributed by atoms with Gasteiger partial charge in [-0.1, -0.05) is 48.9 Å². The summed E-state index contributed by atoms with van der Waals surface area (Å²) in [4.78, 5) is 0. The maximum atomic E-state index is 15.3. The Morgan fingerprint density at radius 2 is 1.63 bits per heavy atom. The van der Waals surface area contributed by atoms with Crippen LogP contribution in [0.3, 0.4) is 0 Å². The largest absolute Gasteiger partial charge is 0.486 e. The summed E-state index contributed by atoms with van der Waals surface area (Å²) in [5.74, 6) is 0.0286. The minimum Gasteiger partial charge on any atom is -0.486 e. The predicted molar refractivity (Wildman–Crippen MR) is 137 cm³/mol. The molecule has 0 radical (unpaired) electrons. The third-order valence-electron chi connectivity index (χ3n) is 8.06. The van der Waals surface area contributed by atoms with Crippen molar-refractivity contribution >= 4 is 0 Å². The monoisotopic (exact) mass is 482 g/mol. The van der Waals surface area contributed by atoms with Gasteiger partial charge in [0.2, 0.25) is 0 Å². The van der Waals surface area contributed by atoms with E-state index >= 15 is 8.78 Å². The van der Waals surface area contributed by atoms with Crippen molar-refractivity contribution in [1.29, 1.82) is 0 Å². The van der Waals surface area contributed by atoms with E-state index in [1.54, 1.807) is 24.3 Å². The Hall–Kier alpha value is -2.49. The average molecular weight is 483 g/mol. The Kier molecular flexibility index (Phi) is 8.75. The molecule has 1 nitrogen and oxygen atoms in total. The van der Waals surface area contributed by atoms with Crippen molar-refractivity contribution in [2.75, 3.05) is 6.61 Å². The minimum absolute atomic E-state index is 0.0542. The summed E-state index contributed by atoms with van der Waals surface area (Å²) >= 11 is 0. The second kappa shape index (κ2) is 12.0. The van der Waals surface area contributed by atoms with E-state index in [1.165, 1.54) is 37.8 Å². The minimum atomic E-state index is -0.890. The quantitative estimate of drug-likeness (QED) is 0.341. The molecular weight excluding hydrogens is 445 g/mol. The summed E-state index contributed by atoms with van der Waals surface area (Å²) in [6.07, 6.45) is 17.1. The van der Waals surface area contributed by atoms with Crippen LogP contribution in [0.1, 0.15) is 76.7 Å². The van der Waals surface area contributed by atoms with Gasteiger partial charge in [0.15, 0.2) is 23.2 Å². The van der Waals surface area contributed by atoms with Gasteiger partial charge in [0.1, 0.15) is 6.61 Å². The van der Waals surface area contributed by atoms with Crippen molar-refractivity contribution in [3.8, 4) is 16.9 Å². The number of fused-ring (bicyclic) bond motifs is 1. The first-order valence-corrected chi connectivity index (χ1v) is 13.1. The van der Waals surface area contributed by atoms with E-state index in [-0.39, 0.29) is 23.8 Å². The molecule has 0 bridgehead atoms. The number of hydrogen-bond acceptors (Lipinski definition) is 1. The van der Waals surface area contributed by atoms with Crippen LogP contribution in [0.4, 0.5) is 13.2 Å². The zero-order valence-electron chi connectivity index (χ0n) is 20.9. The topological polar surface area (TPSA) is 9.23 Å². The predicted octanol–water partition coefficient (Wildman–Crippen LogP) is 9.38. The number of hydrogen-bond donors (Lipinski definition) is 0. The standard InChI is InChI=1S/C31H37F3O/c1-3-5-7-8-21-9-10-23-19-24(12-11-22(23)18-21)26-14-15-27(31(34)30(26)33)25-13-16-29(28(32)20-25)35-17-6-4-2/h3-6,13-16,20-24H,7-12,17-19H2,1-2H3/b5-3+,6-4+. The van der Waals surface area contributed by atoms with E-state index in [0.717, 1.165) is 37.5 Å². The molecule has 2 saturated carbocycles. The maximum Gasteiger partial charge on any atom is 0.166 e. The molecule has 2 aromatic carbocycles. The van der Waals surface area contributed by atoms with Gasteiger partial charge >= 0.3 is 0 Å². The fraction of sp³-hybridized carbons (Fsp3) is 0.484. The number of allylic oxidation sites excluding steroid dienone is 3. The fourth-order valence-corrected chi connectivity index (χ4v) is 6.15. The van der Waals surface area contributed by atoms with Gasteiger partial charge in [-0.2, -0.15) is 0 Å². The number of benzene rings is 2. The van der Waals surface area contributed by atoms with E-state index in [4.69, 9.17) is 4.74 Å². The zero-order valence-corrected chi connectivity index (χ0v) is 20.9. The van der Waals surface area contributed by atoms with Crippen molar-refractivity contribution in [2.45, 2.75) is 71.1 Å².